The first-order valence-electron chi connectivity index (χ1n) is 5.43. The number of para-hydroxylation sites is 1. The third-order valence-electron chi connectivity index (χ3n) is 2.72. The molecule has 0 aliphatic rings. The zero-order valence-electron chi connectivity index (χ0n) is 10.3. The first kappa shape index (κ1) is 11.4. The van der Waals surface area contributed by atoms with Crippen LogP contribution in [0.15, 0.2) is 24.3 Å². The highest BCUT2D eigenvalue weighted by molar-refractivity contribution is 6.08. The maximum atomic E-state index is 7.59. The van der Waals surface area contributed by atoms with E-state index in [1.807, 2.05) is 50.2 Å². The fourth-order valence-electron chi connectivity index (χ4n) is 1.94. The van der Waals surface area contributed by atoms with Crippen LogP contribution >= 0.6 is 0 Å². The minimum absolute atomic E-state index is 0.0541. The predicted molar refractivity (Wildman–Crippen MR) is 71.8 cm³/mol. The van der Waals surface area contributed by atoms with Crippen LogP contribution < -0.4 is 10.6 Å². The molecule has 4 heteroatoms. The Kier molecular flexibility index (Phi) is 2.71. The van der Waals surface area contributed by atoms with Gasteiger partial charge >= 0.3 is 0 Å². The van der Waals surface area contributed by atoms with Crippen molar-refractivity contribution in [3.63, 3.8) is 0 Å². The lowest BCUT2D eigenvalue weighted by atomic mass is 10.1. The van der Waals surface area contributed by atoms with Crippen molar-refractivity contribution >= 4 is 22.4 Å². The van der Waals surface area contributed by atoms with Crippen molar-refractivity contribution in [2.45, 2.75) is 6.92 Å². The summed E-state index contributed by atoms with van der Waals surface area (Å²) in [6, 6.07) is 7.77. The molecule has 0 spiro atoms. The SMILES string of the molecule is Cc1cc(N(C)C)c2cccc(C(=N)N)c2n1. The summed E-state index contributed by atoms with van der Waals surface area (Å²) in [5, 5.41) is 8.61. The van der Waals surface area contributed by atoms with E-state index in [1.54, 1.807) is 0 Å². The van der Waals surface area contributed by atoms with Crippen molar-refractivity contribution in [1.29, 1.82) is 5.41 Å². The van der Waals surface area contributed by atoms with Gasteiger partial charge in [0.15, 0.2) is 0 Å². The third-order valence-corrected chi connectivity index (χ3v) is 2.72. The van der Waals surface area contributed by atoms with Gasteiger partial charge in [0.25, 0.3) is 0 Å². The zero-order valence-corrected chi connectivity index (χ0v) is 10.3. The van der Waals surface area contributed by atoms with Crippen LogP contribution in [0, 0.1) is 12.3 Å². The molecule has 0 aliphatic heterocycles. The van der Waals surface area contributed by atoms with E-state index in [9.17, 15) is 0 Å². The number of hydrogen-bond acceptors (Lipinski definition) is 3. The second kappa shape index (κ2) is 4.05. The van der Waals surface area contributed by atoms with E-state index < -0.39 is 0 Å². The van der Waals surface area contributed by atoms with Gasteiger partial charge in [0.2, 0.25) is 0 Å². The van der Waals surface area contributed by atoms with Crippen molar-refractivity contribution in [2.24, 2.45) is 5.73 Å². The van der Waals surface area contributed by atoms with E-state index in [0.29, 0.717) is 5.56 Å². The maximum Gasteiger partial charge on any atom is 0.125 e. The molecule has 0 radical (unpaired) electrons. The third kappa shape index (κ3) is 1.93. The number of aryl methyl sites for hydroxylation is 1. The highest BCUT2D eigenvalue weighted by Crippen LogP contribution is 2.27. The van der Waals surface area contributed by atoms with Gasteiger partial charge in [0.05, 0.1) is 5.52 Å². The zero-order chi connectivity index (χ0) is 12.6. The molecule has 4 nitrogen and oxygen atoms in total. The number of nitrogens with two attached hydrogens (primary N) is 1. The van der Waals surface area contributed by atoms with Crippen LogP contribution in [-0.4, -0.2) is 24.9 Å². The Morgan fingerprint density at radius 2 is 2.06 bits per heavy atom. The van der Waals surface area contributed by atoms with Crippen molar-refractivity contribution in [3.05, 3.63) is 35.5 Å². The number of rotatable bonds is 2. The monoisotopic (exact) mass is 228 g/mol. The Balaban J connectivity index is 2.88. The van der Waals surface area contributed by atoms with Crippen LogP contribution in [0.2, 0.25) is 0 Å². The highest BCUT2D eigenvalue weighted by Gasteiger charge is 2.10. The van der Waals surface area contributed by atoms with E-state index in [0.717, 1.165) is 22.3 Å². The van der Waals surface area contributed by atoms with Crippen LogP contribution in [0.1, 0.15) is 11.3 Å². The number of pyridine rings is 1. The van der Waals surface area contributed by atoms with Gasteiger partial charge in [-0.1, -0.05) is 12.1 Å². The van der Waals surface area contributed by atoms with Crippen molar-refractivity contribution in [1.82, 2.24) is 4.98 Å². The quantitative estimate of drug-likeness (QED) is 0.609. The normalized spacial score (nSPS) is 10.5. The van der Waals surface area contributed by atoms with Gasteiger partial charge in [-0.05, 0) is 19.1 Å². The second-order valence-corrected chi connectivity index (χ2v) is 4.29. The molecular formula is C13H16N4. The highest BCUT2D eigenvalue weighted by atomic mass is 15.1. The number of fused-ring (bicyclic) bond motifs is 1. The Hall–Kier alpha value is -2.10. The van der Waals surface area contributed by atoms with E-state index in [1.165, 1.54) is 0 Å². The van der Waals surface area contributed by atoms with E-state index >= 15 is 0 Å². The van der Waals surface area contributed by atoms with Crippen LogP contribution in [0.25, 0.3) is 10.9 Å². The molecule has 2 aromatic rings. The summed E-state index contributed by atoms with van der Waals surface area (Å²) in [6.45, 7) is 1.95. The molecule has 0 saturated carbocycles. The average Bonchev–Trinajstić information content (AvgIpc) is 2.26. The molecule has 1 aromatic carbocycles. The van der Waals surface area contributed by atoms with Crippen molar-refractivity contribution in [2.75, 3.05) is 19.0 Å². The number of nitrogens with one attached hydrogen (secondary N) is 1. The molecule has 0 amide bonds. The molecular weight excluding hydrogens is 212 g/mol. The summed E-state index contributed by atoms with van der Waals surface area (Å²) in [4.78, 5) is 6.53. The predicted octanol–water partition coefficient (Wildman–Crippen LogP) is 1.89. The van der Waals surface area contributed by atoms with Gasteiger partial charge in [-0.3, -0.25) is 10.4 Å². The minimum atomic E-state index is 0.0541. The number of aromatic nitrogens is 1. The van der Waals surface area contributed by atoms with Gasteiger partial charge < -0.3 is 10.6 Å². The average molecular weight is 228 g/mol. The summed E-state index contributed by atoms with van der Waals surface area (Å²) in [6.07, 6.45) is 0. The van der Waals surface area contributed by atoms with Gasteiger partial charge in [-0.15, -0.1) is 0 Å². The van der Waals surface area contributed by atoms with E-state index in [4.69, 9.17) is 11.1 Å². The molecule has 0 bridgehead atoms. The van der Waals surface area contributed by atoms with Crippen molar-refractivity contribution in [3.8, 4) is 0 Å². The first-order chi connectivity index (χ1) is 8.00. The molecule has 1 aromatic heterocycles. The summed E-state index contributed by atoms with van der Waals surface area (Å²) >= 11 is 0. The summed E-state index contributed by atoms with van der Waals surface area (Å²) in [5.41, 5.74) is 9.09. The number of nitrogens with zero attached hydrogens (tertiary/aromatic N) is 2. The maximum absolute atomic E-state index is 7.59. The van der Waals surface area contributed by atoms with Gasteiger partial charge in [-0.2, -0.15) is 0 Å². The number of anilines is 1. The molecule has 17 heavy (non-hydrogen) atoms. The Morgan fingerprint density at radius 3 is 2.65 bits per heavy atom. The summed E-state index contributed by atoms with van der Waals surface area (Å²) < 4.78 is 0. The largest absolute Gasteiger partial charge is 0.384 e. The van der Waals surface area contributed by atoms with Crippen molar-refractivity contribution < 1.29 is 0 Å². The molecule has 0 unspecified atom stereocenters. The van der Waals surface area contributed by atoms with Crippen LogP contribution in [-0.2, 0) is 0 Å². The van der Waals surface area contributed by atoms with Gasteiger partial charge in [0.1, 0.15) is 5.84 Å². The Morgan fingerprint density at radius 1 is 1.35 bits per heavy atom. The van der Waals surface area contributed by atoms with Crippen LogP contribution in [0.4, 0.5) is 5.69 Å². The summed E-state index contributed by atoms with van der Waals surface area (Å²) in [7, 11) is 3.99. The number of benzene rings is 1. The molecule has 0 aliphatic carbocycles. The van der Waals surface area contributed by atoms with E-state index in [2.05, 4.69) is 4.98 Å². The molecule has 0 fully saturated rings. The second-order valence-electron chi connectivity index (χ2n) is 4.29. The van der Waals surface area contributed by atoms with Crippen LogP contribution in [0.5, 0.6) is 0 Å². The Bertz CT molecular complexity index is 587. The Labute approximate surface area is 101 Å². The first-order valence-corrected chi connectivity index (χ1v) is 5.43. The topological polar surface area (TPSA) is 66.0 Å². The number of hydrogen-bond donors (Lipinski definition) is 2. The van der Waals surface area contributed by atoms with Crippen LogP contribution in [0.3, 0.4) is 0 Å². The van der Waals surface area contributed by atoms with E-state index in [-0.39, 0.29) is 5.84 Å². The molecule has 0 atom stereocenters. The minimum Gasteiger partial charge on any atom is -0.384 e. The lowest BCUT2D eigenvalue weighted by Gasteiger charge is -2.17. The fourth-order valence-corrected chi connectivity index (χ4v) is 1.94. The van der Waals surface area contributed by atoms with Gasteiger partial charge in [0, 0.05) is 36.4 Å². The molecule has 2 rings (SSSR count). The molecule has 0 saturated heterocycles. The summed E-state index contributed by atoms with van der Waals surface area (Å²) in [5.74, 6) is 0.0541. The molecule has 3 N–H and O–H groups in total. The molecule has 88 valence electrons. The molecule has 1 heterocycles. The number of amidine groups is 1. The standard InChI is InChI=1S/C13H16N4/c1-8-7-11(17(2)3)9-5-4-6-10(13(14)15)12(9)16-8/h4-7H,1-3H3,(H3,14,15). The number of nitrogen functional groups attached to an aromatic ring is 1. The lowest BCUT2D eigenvalue weighted by Crippen LogP contribution is -2.14. The lowest BCUT2D eigenvalue weighted by molar-refractivity contribution is 1.12. The van der Waals surface area contributed by atoms with Gasteiger partial charge in [-0.25, -0.2) is 0 Å². The smallest absolute Gasteiger partial charge is 0.125 e. The fraction of sp³-hybridized carbons (Fsp3) is 0.231.